The maximum Gasteiger partial charge on any atom is 0.191 e. The largest absolute Gasteiger partial charge is 0.370 e. The Labute approximate surface area is 173 Å². The predicted octanol–water partition coefficient (Wildman–Crippen LogP) is 2.74. The quantitative estimate of drug-likeness (QED) is 0.413. The molecule has 0 aliphatic carbocycles. The van der Waals surface area contributed by atoms with E-state index in [9.17, 15) is 0 Å². The summed E-state index contributed by atoms with van der Waals surface area (Å²) in [6.45, 7) is 7.01. The highest BCUT2D eigenvalue weighted by molar-refractivity contribution is 14.0. The molecular weight excluding hydrogens is 449 g/mol. The summed E-state index contributed by atoms with van der Waals surface area (Å²) >= 11 is 5.96. The van der Waals surface area contributed by atoms with E-state index in [0.29, 0.717) is 11.9 Å². The van der Waals surface area contributed by atoms with Gasteiger partial charge in [-0.05, 0) is 63.2 Å². The zero-order chi connectivity index (χ0) is 16.9. The van der Waals surface area contributed by atoms with Gasteiger partial charge in [-0.25, -0.2) is 0 Å². The Morgan fingerprint density at radius 3 is 2.28 bits per heavy atom. The normalized spacial score (nSPS) is 20.5. The molecule has 25 heavy (non-hydrogen) atoms. The number of nitrogens with two attached hydrogens (primary N) is 1. The van der Waals surface area contributed by atoms with Gasteiger partial charge in [0.2, 0.25) is 0 Å². The maximum absolute atomic E-state index is 6.23. The standard InChI is InChI=1S/C18H28ClN5.HI/c1-22-8-6-15(7-9-22)14-21-18(20)24-12-10-23(11-13-24)17-4-2-16(19)3-5-17;/h2-5,15H,6-14H2,1H3,(H2,20,21);1H. The molecule has 5 nitrogen and oxygen atoms in total. The lowest BCUT2D eigenvalue weighted by Crippen LogP contribution is -2.51. The number of rotatable bonds is 3. The van der Waals surface area contributed by atoms with Crippen LogP contribution in [0.1, 0.15) is 12.8 Å². The van der Waals surface area contributed by atoms with Crippen LogP contribution in [0.4, 0.5) is 5.69 Å². The van der Waals surface area contributed by atoms with Gasteiger partial charge in [-0.3, -0.25) is 4.99 Å². The number of guanidine groups is 1. The van der Waals surface area contributed by atoms with Crippen LogP contribution in [0.25, 0.3) is 0 Å². The minimum Gasteiger partial charge on any atom is -0.370 e. The highest BCUT2D eigenvalue weighted by Gasteiger charge is 2.20. The zero-order valence-corrected chi connectivity index (χ0v) is 18.0. The molecule has 2 fully saturated rings. The van der Waals surface area contributed by atoms with Gasteiger partial charge < -0.3 is 20.4 Å². The minimum atomic E-state index is 0. The molecule has 2 aliphatic rings. The van der Waals surface area contributed by atoms with Crippen molar-refractivity contribution in [2.75, 3.05) is 57.8 Å². The van der Waals surface area contributed by atoms with Crippen LogP contribution in [-0.4, -0.2) is 68.6 Å². The summed E-state index contributed by atoms with van der Waals surface area (Å²) in [5, 5.41) is 0.780. The molecule has 0 spiro atoms. The average Bonchev–Trinajstić information content (AvgIpc) is 2.62. The Kier molecular flexibility index (Phi) is 8.09. The number of hydrogen-bond acceptors (Lipinski definition) is 3. The summed E-state index contributed by atoms with van der Waals surface area (Å²) in [5.74, 6) is 1.40. The van der Waals surface area contributed by atoms with Crippen molar-refractivity contribution >= 4 is 47.2 Å². The fourth-order valence-electron chi connectivity index (χ4n) is 3.41. The molecule has 0 aromatic heterocycles. The van der Waals surface area contributed by atoms with E-state index in [4.69, 9.17) is 17.3 Å². The van der Waals surface area contributed by atoms with Crippen LogP contribution in [0.5, 0.6) is 0 Å². The van der Waals surface area contributed by atoms with E-state index >= 15 is 0 Å². The second kappa shape index (κ2) is 9.83. The number of likely N-dealkylation sites (tertiary alicyclic amines) is 1. The minimum absolute atomic E-state index is 0. The smallest absolute Gasteiger partial charge is 0.191 e. The SMILES string of the molecule is CN1CCC(CN=C(N)N2CCN(c3ccc(Cl)cc3)CC2)CC1.I. The summed E-state index contributed by atoms with van der Waals surface area (Å²) < 4.78 is 0. The third-order valence-corrected chi connectivity index (χ3v) is 5.40. The first-order valence-electron chi connectivity index (χ1n) is 8.86. The van der Waals surface area contributed by atoms with Crippen molar-refractivity contribution in [3.8, 4) is 0 Å². The van der Waals surface area contributed by atoms with Crippen molar-refractivity contribution in [2.24, 2.45) is 16.6 Å². The maximum atomic E-state index is 6.23. The summed E-state index contributed by atoms with van der Waals surface area (Å²) in [7, 11) is 2.19. The van der Waals surface area contributed by atoms with Crippen LogP contribution in [0.15, 0.2) is 29.3 Å². The monoisotopic (exact) mass is 477 g/mol. The third kappa shape index (κ3) is 5.89. The summed E-state index contributed by atoms with van der Waals surface area (Å²) in [6, 6.07) is 8.05. The molecule has 3 rings (SSSR count). The molecular formula is C18H29ClIN5. The molecule has 2 saturated heterocycles. The first-order valence-corrected chi connectivity index (χ1v) is 9.23. The molecule has 0 bridgehead atoms. The molecule has 2 heterocycles. The van der Waals surface area contributed by atoms with E-state index in [1.54, 1.807) is 0 Å². The highest BCUT2D eigenvalue weighted by atomic mass is 127. The van der Waals surface area contributed by atoms with Gasteiger partial charge in [0.1, 0.15) is 0 Å². The number of piperazine rings is 1. The molecule has 2 N–H and O–H groups in total. The lowest BCUT2D eigenvalue weighted by Gasteiger charge is -2.37. The van der Waals surface area contributed by atoms with Crippen LogP contribution in [0, 0.1) is 5.92 Å². The van der Waals surface area contributed by atoms with E-state index in [2.05, 4.69) is 38.9 Å². The molecule has 0 unspecified atom stereocenters. The Morgan fingerprint density at radius 1 is 1.08 bits per heavy atom. The van der Waals surface area contributed by atoms with Crippen molar-refractivity contribution in [2.45, 2.75) is 12.8 Å². The predicted molar refractivity (Wildman–Crippen MR) is 117 cm³/mol. The molecule has 140 valence electrons. The molecule has 0 atom stereocenters. The summed E-state index contributed by atoms with van der Waals surface area (Å²) in [4.78, 5) is 11.6. The van der Waals surface area contributed by atoms with Crippen LogP contribution in [-0.2, 0) is 0 Å². The Morgan fingerprint density at radius 2 is 1.68 bits per heavy atom. The molecule has 0 radical (unpaired) electrons. The Balaban J connectivity index is 0.00000225. The van der Waals surface area contributed by atoms with Crippen molar-refractivity contribution in [3.05, 3.63) is 29.3 Å². The zero-order valence-electron chi connectivity index (χ0n) is 14.9. The number of hydrogen-bond donors (Lipinski definition) is 1. The second-order valence-electron chi connectivity index (χ2n) is 6.90. The number of piperidine rings is 1. The fraction of sp³-hybridized carbons (Fsp3) is 0.611. The van der Waals surface area contributed by atoms with Crippen LogP contribution >= 0.6 is 35.6 Å². The summed E-state index contributed by atoms with van der Waals surface area (Å²) in [6.07, 6.45) is 2.47. The van der Waals surface area contributed by atoms with Gasteiger partial charge in [0.05, 0.1) is 0 Å². The topological polar surface area (TPSA) is 48.1 Å². The molecule has 0 saturated carbocycles. The van der Waals surface area contributed by atoms with Gasteiger partial charge in [-0.2, -0.15) is 0 Å². The number of aliphatic imine (C=N–C) groups is 1. The third-order valence-electron chi connectivity index (χ3n) is 5.15. The fourth-order valence-corrected chi connectivity index (χ4v) is 3.54. The number of benzene rings is 1. The Bertz CT molecular complexity index is 549. The summed E-state index contributed by atoms with van der Waals surface area (Å²) in [5.41, 5.74) is 7.45. The Hall–Kier alpha value is -0.730. The first-order chi connectivity index (χ1) is 11.6. The second-order valence-corrected chi connectivity index (χ2v) is 7.33. The van der Waals surface area contributed by atoms with E-state index in [1.807, 2.05) is 12.1 Å². The first kappa shape index (κ1) is 20.6. The number of halogens is 2. The molecule has 1 aromatic rings. The number of nitrogens with zero attached hydrogens (tertiary/aromatic N) is 4. The molecule has 0 amide bonds. The average molecular weight is 478 g/mol. The van der Waals surface area contributed by atoms with E-state index in [-0.39, 0.29) is 24.0 Å². The van der Waals surface area contributed by atoms with E-state index < -0.39 is 0 Å². The highest BCUT2D eigenvalue weighted by Crippen LogP contribution is 2.20. The van der Waals surface area contributed by atoms with E-state index in [1.165, 1.54) is 31.6 Å². The van der Waals surface area contributed by atoms with E-state index in [0.717, 1.165) is 37.7 Å². The molecule has 1 aromatic carbocycles. The van der Waals surface area contributed by atoms with Gasteiger partial charge in [-0.1, -0.05) is 11.6 Å². The van der Waals surface area contributed by atoms with Crippen LogP contribution < -0.4 is 10.6 Å². The van der Waals surface area contributed by atoms with Gasteiger partial charge in [0.25, 0.3) is 0 Å². The van der Waals surface area contributed by atoms with Crippen molar-refractivity contribution in [1.82, 2.24) is 9.80 Å². The molecule has 2 aliphatic heterocycles. The van der Waals surface area contributed by atoms with Crippen LogP contribution in [0.3, 0.4) is 0 Å². The number of anilines is 1. The van der Waals surface area contributed by atoms with Gasteiger partial charge in [0.15, 0.2) is 5.96 Å². The molecule has 7 heteroatoms. The van der Waals surface area contributed by atoms with Gasteiger partial charge in [0, 0.05) is 43.4 Å². The van der Waals surface area contributed by atoms with Gasteiger partial charge >= 0.3 is 0 Å². The lowest BCUT2D eigenvalue weighted by molar-refractivity contribution is 0.223. The lowest BCUT2D eigenvalue weighted by atomic mass is 9.97. The van der Waals surface area contributed by atoms with Crippen molar-refractivity contribution < 1.29 is 0 Å². The van der Waals surface area contributed by atoms with Gasteiger partial charge in [-0.15, -0.1) is 24.0 Å². The van der Waals surface area contributed by atoms with Crippen molar-refractivity contribution in [3.63, 3.8) is 0 Å². The van der Waals surface area contributed by atoms with Crippen molar-refractivity contribution in [1.29, 1.82) is 0 Å². The van der Waals surface area contributed by atoms with Crippen LogP contribution in [0.2, 0.25) is 5.02 Å².